The molecule has 2 aromatic rings. The highest BCUT2D eigenvalue weighted by Crippen LogP contribution is 2.40. The SMILES string of the molecule is O=CNc1cc(C(F)(F)F)ccc1N1CCc2ccccc21. The first-order valence-corrected chi connectivity index (χ1v) is 6.77. The number of fused-ring (bicyclic) bond motifs is 1. The first-order chi connectivity index (χ1) is 10.5. The smallest absolute Gasteiger partial charge is 0.339 e. The summed E-state index contributed by atoms with van der Waals surface area (Å²) in [4.78, 5) is 12.7. The monoisotopic (exact) mass is 306 g/mol. The van der Waals surface area contributed by atoms with Gasteiger partial charge in [0.2, 0.25) is 6.41 Å². The Balaban J connectivity index is 2.06. The van der Waals surface area contributed by atoms with E-state index in [-0.39, 0.29) is 5.69 Å². The quantitative estimate of drug-likeness (QED) is 0.870. The fourth-order valence-corrected chi connectivity index (χ4v) is 2.72. The summed E-state index contributed by atoms with van der Waals surface area (Å²) in [7, 11) is 0. The van der Waals surface area contributed by atoms with Crippen LogP contribution in [-0.4, -0.2) is 13.0 Å². The summed E-state index contributed by atoms with van der Waals surface area (Å²) >= 11 is 0. The van der Waals surface area contributed by atoms with Crippen LogP contribution >= 0.6 is 0 Å². The van der Waals surface area contributed by atoms with E-state index in [4.69, 9.17) is 0 Å². The highest BCUT2D eigenvalue weighted by molar-refractivity contribution is 5.86. The average molecular weight is 306 g/mol. The third-order valence-corrected chi connectivity index (χ3v) is 3.72. The van der Waals surface area contributed by atoms with Gasteiger partial charge in [-0.15, -0.1) is 0 Å². The topological polar surface area (TPSA) is 32.3 Å². The van der Waals surface area contributed by atoms with Crippen molar-refractivity contribution in [2.75, 3.05) is 16.8 Å². The van der Waals surface area contributed by atoms with Gasteiger partial charge in [0.1, 0.15) is 0 Å². The first-order valence-electron chi connectivity index (χ1n) is 6.77. The normalized spacial score (nSPS) is 13.9. The van der Waals surface area contributed by atoms with Crippen LogP contribution in [-0.2, 0) is 17.4 Å². The number of rotatable bonds is 3. The number of hydrogen-bond donors (Lipinski definition) is 1. The Labute approximate surface area is 125 Å². The lowest BCUT2D eigenvalue weighted by molar-refractivity contribution is -0.137. The number of halogens is 3. The van der Waals surface area contributed by atoms with Crippen LogP contribution in [0.5, 0.6) is 0 Å². The molecule has 1 aliphatic heterocycles. The molecule has 0 saturated heterocycles. The molecule has 1 N–H and O–H groups in total. The van der Waals surface area contributed by atoms with Crippen molar-refractivity contribution < 1.29 is 18.0 Å². The van der Waals surface area contributed by atoms with E-state index < -0.39 is 11.7 Å². The van der Waals surface area contributed by atoms with Crippen molar-refractivity contribution in [3.05, 3.63) is 53.6 Å². The second-order valence-corrected chi connectivity index (χ2v) is 5.02. The molecular weight excluding hydrogens is 293 g/mol. The first kappa shape index (κ1) is 14.4. The van der Waals surface area contributed by atoms with Gasteiger partial charge in [-0.3, -0.25) is 4.79 Å². The Hall–Kier alpha value is -2.50. The Morgan fingerprint density at radius 2 is 1.86 bits per heavy atom. The minimum Gasteiger partial charge on any atom is -0.339 e. The highest BCUT2D eigenvalue weighted by Gasteiger charge is 2.32. The van der Waals surface area contributed by atoms with Gasteiger partial charge in [0.05, 0.1) is 16.9 Å². The van der Waals surface area contributed by atoms with Crippen molar-refractivity contribution in [2.45, 2.75) is 12.6 Å². The van der Waals surface area contributed by atoms with Crippen LogP contribution < -0.4 is 10.2 Å². The number of nitrogens with one attached hydrogen (secondary N) is 1. The summed E-state index contributed by atoms with van der Waals surface area (Å²) in [5.74, 6) is 0. The predicted molar refractivity (Wildman–Crippen MR) is 78.3 cm³/mol. The van der Waals surface area contributed by atoms with Gasteiger partial charge in [0.15, 0.2) is 0 Å². The molecule has 3 nitrogen and oxygen atoms in total. The molecule has 1 amide bonds. The zero-order chi connectivity index (χ0) is 15.7. The van der Waals surface area contributed by atoms with Crippen molar-refractivity contribution in [3.63, 3.8) is 0 Å². The summed E-state index contributed by atoms with van der Waals surface area (Å²) < 4.78 is 38.5. The fraction of sp³-hybridized carbons (Fsp3) is 0.188. The standard InChI is InChI=1S/C16H13F3N2O/c17-16(18,19)12-5-6-15(13(9-12)20-10-22)21-8-7-11-3-1-2-4-14(11)21/h1-6,9-10H,7-8H2,(H,20,22). The molecule has 1 heterocycles. The van der Waals surface area contributed by atoms with Gasteiger partial charge in [-0.05, 0) is 36.2 Å². The van der Waals surface area contributed by atoms with Crippen molar-refractivity contribution in [1.29, 1.82) is 0 Å². The number of benzene rings is 2. The molecule has 3 rings (SSSR count). The van der Waals surface area contributed by atoms with Crippen LogP contribution in [0.4, 0.5) is 30.2 Å². The van der Waals surface area contributed by atoms with Gasteiger partial charge in [-0.25, -0.2) is 0 Å². The maximum absolute atomic E-state index is 12.8. The zero-order valence-electron chi connectivity index (χ0n) is 11.5. The second kappa shape index (κ2) is 5.36. The number of amides is 1. The van der Waals surface area contributed by atoms with Crippen LogP contribution in [0.25, 0.3) is 0 Å². The minimum atomic E-state index is -4.44. The van der Waals surface area contributed by atoms with Crippen molar-refractivity contribution >= 4 is 23.5 Å². The molecule has 0 atom stereocenters. The number of anilines is 3. The summed E-state index contributed by atoms with van der Waals surface area (Å²) in [5, 5.41) is 2.37. The van der Waals surface area contributed by atoms with Crippen LogP contribution in [0.15, 0.2) is 42.5 Å². The third-order valence-electron chi connectivity index (χ3n) is 3.72. The summed E-state index contributed by atoms with van der Waals surface area (Å²) in [5.41, 5.74) is 2.02. The lowest BCUT2D eigenvalue weighted by Crippen LogP contribution is -2.16. The largest absolute Gasteiger partial charge is 0.416 e. The molecule has 0 aromatic heterocycles. The molecule has 0 saturated carbocycles. The summed E-state index contributed by atoms with van der Waals surface area (Å²) in [6, 6.07) is 11.1. The number of hydrogen-bond acceptors (Lipinski definition) is 2. The van der Waals surface area contributed by atoms with Crippen LogP contribution in [0.2, 0.25) is 0 Å². The van der Waals surface area contributed by atoms with E-state index in [9.17, 15) is 18.0 Å². The molecule has 22 heavy (non-hydrogen) atoms. The van der Waals surface area contributed by atoms with Crippen LogP contribution in [0, 0.1) is 0 Å². The second-order valence-electron chi connectivity index (χ2n) is 5.02. The third kappa shape index (κ3) is 2.52. The highest BCUT2D eigenvalue weighted by atomic mass is 19.4. The maximum atomic E-state index is 12.8. The van der Waals surface area contributed by atoms with E-state index in [1.807, 2.05) is 29.2 Å². The summed E-state index contributed by atoms with van der Waals surface area (Å²) in [6.45, 7) is 0.665. The predicted octanol–water partition coefficient (Wildman–Crippen LogP) is 3.97. The van der Waals surface area contributed by atoms with Crippen LogP contribution in [0.1, 0.15) is 11.1 Å². The van der Waals surface area contributed by atoms with E-state index >= 15 is 0 Å². The molecule has 0 radical (unpaired) electrons. The molecular formula is C16H13F3N2O. The molecule has 2 aromatic carbocycles. The Morgan fingerprint density at radius 3 is 2.59 bits per heavy atom. The van der Waals surface area contributed by atoms with Crippen molar-refractivity contribution in [1.82, 2.24) is 0 Å². The van der Waals surface area contributed by atoms with E-state index in [1.54, 1.807) is 0 Å². The minimum absolute atomic E-state index is 0.154. The molecule has 1 aliphatic rings. The van der Waals surface area contributed by atoms with Gasteiger partial charge in [-0.1, -0.05) is 18.2 Å². The van der Waals surface area contributed by atoms with Crippen LogP contribution in [0.3, 0.4) is 0 Å². The van der Waals surface area contributed by atoms with Crippen molar-refractivity contribution in [2.24, 2.45) is 0 Å². The number of nitrogens with zero attached hydrogens (tertiary/aromatic N) is 1. The van der Waals surface area contributed by atoms with Gasteiger partial charge < -0.3 is 10.2 Å². The zero-order valence-corrected chi connectivity index (χ0v) is 11.5. The fourth-order valence-electron chi connectivity index (χ4n) is 2.72. The van der Waals surface area contributed by atoms with E-state index in [1.165, 1.54) is 6.07 Å². The Bertz CT molecular complexity index is 713. The van der Waals surface area contributed by atoms with E-state index in [0.717, 1.165) is 29.8 Å². The molecule has 0 unspecified atom stereocenters. The summed E-state index contributed by atoms with van der Waals surface area (Å²) in [6.07, 6.45) is -3.24. The lowest BCUT2D eigenvalue weighted by atomic mass is 10.1. The number of alkyl halides is 3. The molecule has 0 aliphatic carbocycles. The Kier molecular flexibility index (Phi) is 3.52. The molecule has 0 fully saturated rings. The maximum Gasteiger partial charge on any atom is 0.416 e. The molecule has 0 spiro atoms. The lowest BCUT2D eigenvalue weighted by Gasteiger charge is -2.23. The Morgan fingerprint density at radius 1 is 1.09 bits per heavy atom. The molecule has 0 bridgehead atoms. The van der Waals surface area contributed by atoms with Crippen molar-refractivity contribution in [3.8, 4) is 0 Å². The van der Waals surface area contributed by atoms with E-state index in [0.29, 0.717) is 18.6 Å². The average Bonchev–Trinajstić information content (AvgIpc) is 2.90. The van der Waals surface area contributed by atoms with Gasteiger partial charge in [-0.2, -0.15) is 13.2 Å². The molecule has 6 heteroatoms. The molecule has 114 valence electrons. The number of para-hydroxylation sites is 1. The van der Waals surface area contributed by atoms with E-state index in [2.05, 4.69) is 5.32 Å². The number of carbonyl (C=O) groups is 1. The van der Waals surface area contributed by atoms with Gasteiger partial charge in [0.25, 0.3) is 0 Å². The van der Waals surface area contributed by atoms with Gasteiger partial charge in [0, 0.05) is 12.2 Å². The van der Waals surface area contributed by atoms with Gasteiger partial charge >= 0.3 is 6.18 Å². The number of carbonyl (C=O) groups excluding carboxylic acids is 1.